The molecule has 2 aromatic rings. The number of nitrogens with zero attached hydrogens (tertiary/aromatic N) is 2. The maximum atomic E-state index is 13.1. The summed E-state index contributed by atoms with van der Waals surface area (Å²) < 4.78 is 5.08. The molecule has 1 atom stereocenters. The molecule has 1 unspecified atom stereocenters. The fraction of sp³-hybridized carbons (Fsp3) is 0.238. The number of nitro groups is 1. The summed E-state index contributed by atoms with van der Waals surface area (Å²) in [6.45, 7) is 2.34. The van der Waals surface area contributed by atoms with E-state index in [-0.39, 0.29) is 42.5 Å². The van der Waals surface area contributed by atoms with Gasteiger partial charge in [0.2, 0.25) is 5.78 Å². The SMILES string of the molecule is CC(C)C(C(=O)OCC(=O)c1cccc([N+](=O)[O-])c1)N1C(=O)c2c(Cl)c(Cl)c(Cl)c(Cl)c2C1=O. The Labute approximate surface area is 212 Å². The first-order valence-corrected chi connectivity index (χ1v) is 11.1. The fourth-order valence-electron chi connectivity index (χ4n) is 3.39. The fourth-order valence-corrected chi connectivity index (χ4v) is 4.41. The van der Waals surface area contributed by atoms with Crippen LogP contribution in [-0.4, -0.2) is 46.0 Å². The normalized spacial score (nSPS) is 13.8. The molecule has 2 amide bonds. The first kappa shape index (κ1) is 25.9. The molecule has 0 spiro atoms. The van der Waals surface area contributed by atoms with Crippen LogP contribution >= 0.6 is 46.4 Å². The molecule has 9 nitrogen and oxygen atoms in total. The second-order valence-corrected chi connectivity index (χ2v) is 9.03. The van der Waals surface area contributed by atoms with Gasteiger partial charge in [-0.15, -0.1) is 0 Å². The number of carbonyl (C=O) groups excluding carboxylic acids is 4. The van der Waals surface area contributed by atoms with Crippen molar-refractivity contribution in [1.82, 2.24) is 4.90 Å². The number of carbonyl (C=O) groups is 4. The third-order valence-corrected chi connectivity index (χ3v) is 6.81. The summed E-state index contributed by atoms with van der Waals surface area (Å²) in [5, 5.41) is 9.88. The zero-order chi connectivity index (χ0) is 25.5. The van der Waals surface area contributed by atoms with E-state index >= 15 is 0 Å². The number of nitro benzene ring substituents is 1. The minimum absolute atomic E-state index is 0.0494. The molecule has 2 aromatic carbocycles. The quantitative estimate of drug-likeness (QED) is 0.0880. The van der Waals surface area contributed by atoms with E-state index < -0.39 is 47.1 Å². The van der Waals surface area contributed by atoms with Crippen molar-refractivity contribution in [2.24, 2.45) is 5.92 Å². The van der Waals surface area contributed by atoms with Crippen LogP contribution in [-0.2, 0) is 9.53 Å². The van der Waals surface area contributed by atoms with E-state index in [0.717, 1.165) is 6.07 Å². The number of fused-ring (bicyclic) bond motifs is 1. The molecule has 1 heterocycles. The van der Waals surface area contributed by atoms with Crippen molar-refractivity contribution in [1.29, 1.82) is 0 Å². The van der Waals surface area contributed by atoms with Crippen LogP contribution in [0.4, 0.5) is 5.69 Å². The lowest BCUT2D eigenvalue weighted by atomic mass is 10.0. The molecule has 178 valence electrons. The summed E-state index contributed by atoms with van der Waals surface area (Å²) in [7, 11) is 0. The second kappa shape index (κ2) is 9.87. The van der Waals surface area contributed by atoms with E-state index in [9.17, 15) is 29.3 Å². The van der Waals surface area contributed by atoms with E-state index in [4.69, 9.17) is 51.1 Å². The largest absolute Gasteiger partial charge is 0.456 e. The molecule has 1 aliphatic rings. The second-order valence-electron chi connectivity index (χ2n) is 7.51. The number of halogens is 4. The van der Waals surface area contributed by atoms with Gasteiger partial charge in [-0.05, 0) is 5.92 Å². The molecule has 0 saturated heterocycles. The van der Waals surface area contributed by atoms with Gasteiger partial charge in [-0.2, -0.15) is 0 Å². The lowest BCUT2D eigenvalue weighted by molar-refractivity contribution is -0.384. The van der Waals surface area contributed by atoms with Crippen LogP contribution in [0, 0.1) is 16.0 Å². The number of hydrogen-bond acceptors (Lipinski definition) is 7. The average molecular weight is 548 g/mol. The van der Waals surface area contributed by atoms with Crippen molar-refractivity contribution in [3.8, 4) is 0 Å². The summed E-state index contributed by atoms with van der Waals surface area (Å²) in [5.41, 5.74) is -0.949. The number of hydrogen-bond donors (Lipinski definition) is 0. The summed E-state index contributed by atoms with van der Waals surface area (Å²) in [5.74, 6) is -4.25. The number of imide groups is 1. The predicted octanol–water partition coefficient (Wildman–Crippen LogP) is 5.26. The number of amides is 2. The summed E-state index contributed by atoms with van der Waals surface area (Å²) in [4.78, 5) is 62.3. The highest BCUT2D eigenvalue weighted by atomic mass is 35.5. The number of non-ortho nitro benzene ring substituents is 1. The highest BCUT2D eigenvalue weighted by molar-refractivity contribution is 6.55. The van der Waals surface area contributed by atoms with Crippen LogP contribution in [0.3, 0.4) is 0 Å². The van der Waals surface area contributed by atoms with E-state index in [0.29, 0.717) is 4.90 Å². The number of ketones is 1. The van der Waals surface area contributed by atoms with Gasteiger partial charge in [-0.1, -0.05) is 72.4 Å². The van der Waals surface area contributed by atoms with Crippen LogP contribution in [0.2, 0.25) is 20.1 Å². The molecule has 0 bridgehead atoms. The van der Waals surface area contributed by atoms with Crippen molar-refractivity contribution >= 4 is 75.7 Å². The van der Waals surface area contributed by atoms with Crippen molar-refractivity contribution in [2.45, 2.75) is 19.9 Å². The first-order valence-electron chi connectivity index (χ1n) is 9.56. The Kier molecular flexibility index (Phi) is 7.52. The minimum atomic E-state index is -1.44. The average Bonchev–Trinajstić information content (AvgIpc) is 3.05. The van der Waals surface area contributed by atoms with Crippen molar-refractivity contribution in [3.63, 3.8) is 0 Å². The molecule has 0 N–H and O–H groups in total. The van der Waals surface area contributed by atoms with Gasteiger partial charge in [0.15, 0.2) is 6.61 Å². The van der Waals surface area contributed by atoms with E-state index in [1.165, 1.54) is 18.2 Å². The van der Waals surface area contributed by atoms with Crippen LogP contribution in [0.25, 0.3) is 0 Å². The topological polar surface area (TPSA) is 124 Å². The van der Waals surface area contributed by atoms with Gasteiger partial charge in [-0.25, -0.2) is 4.79 Å². The Balaban J connectivity index is 1.86. The first-order chi connectivity index (χ1) is 15.9. The lowest BCUT2D eigenvalue weighted by Gasteiger charge is -2.27. The molecular formula is C21H14Cl4N2O7. The Bertz CT molecular complexity index is 1220. The zero-order valence-corrected chi connectivity index (χ0v) is 20.5. The predicted molar refractivity (Wildman–Crippen MR) is 124 cm³/mol. The molecule has 0 radical (unpaired) electrons. The molecule has 3 rings (SSSR count). The van der Waals surface area contributed by atoms with Crippen LogP contribution in [0.5, 0.6) is 0 Å². The third kappa shape index (κ3) is 4.48. The van der Waals surface area contributed by atoms with Crippen molar-refractivity contribution < 1.29 is 28.8 Å². The smallest absolute Gasteiger partial charge is 0.330 e. The van der Waals surface area contributed by atoms with Gasteiger partial charge < -0.3 is 4.74 Å². The van der Waals surface area contributed by atoms with E-state index in [1.54, 1.807) is 13.8 Å². The summed E-state index contributed by atoms with van der Waals surface area (Å²) in [6.07, 6.45) is 0. The monoisotopic (exact) mass is 546 g/mol. The van der Waals surface area contributed by atoms with Gasteiger partial charge >= 0.3 is 5.97 Å². The van der Waals surface area contributed by atoms with Crippen LogP contribution in [0.15, 0.2) is 24.3 Å². The van der Waals surface area contributed by atoms with E-state index in [1.807, 2.05) is 0 Å². The molecule has 0 fully saturated rings. The number of benzene rings is 2. The number of rotatable bonds is 7. The number of esters is 1. The Morgan fingerprint density at radius 1 is 1.00 bits per heavy atom. The minimum Gasteiger partial charge on any atom is -0.456 e. The Hall–Kier alpha value is -2.72. The molecule has 0 aromatic heterocycles. The lowest BCUT2D eigenvalue weighted by Crippen LogP contribution is -2.49. The Morgan fingerprint density at radius 2 is 1.53 bits per heavy atom. The molecule has 13 heteroatoms. The van der Waals surface area contributed by atoms with Crippen LogP contribution < -0.4 is 0 Å². The van der Waals surface area contributed by atoms with Gasteiger partial charge in [0.1, 0.15) is 6.04 Å². The van der Waals surface area contributed by atoms with E-state index in [2.05, 4.69) is 0 Å². The molecule has 0 aliphatic carbocycles. The van der Waals surface area contributed by atoms with Crippen molar-refractivity contribution in [2.75, 3.05) is 6.61 Å². The zero-order valence-electron chi connectivity index (χ0n) is 17.4. The maximum absolute atomic E-state index is 13.1. The number of Topliss-reactive ketones (excluding diaryl/α,β-unsaturated/α-hetero) is 1. The highest BCUT2D eigenvalue weighted by Gasteiger charge is 2.48. The van der Waals surface area contributed by atoms with Crippen molar-refractivity contribution in [3.05, 3.63) is 71.2 Å². The molecule has 1 aliphatic heterocycles. The Morgan fingerprint density at radius 3 is 2.00 bits per heavy atom. The maximum Gasteiger partial charge on any atom is 0.330 e. The third-order valence-electron chi connectivity index (χ3n) is 5.01. The van der Waals surface area contributed by atoms with Gasteiger partial charge in [0, 0.05) is 17.7 Å². The standard InChI is InChI=1S/C21H14Cl4N2O7/c1-8(2)18(21(31)34-7-11(28)9-4-3-5-10(6-9)27(32)33)26-19(29)12-13(20(26)30)15(23)17(25)16(24)14(12)22/h3-6,8,18H,7H2,1-2H3. The van der Waals surface area contributed by atoms with Gasteiger partial charge in [-0.3, -0.25) is 29.4 Å². The highest BCUT2D eigenvalue weighted by Crippen LogP contribution is 2.45. The molecule has 0 saturated carbocycles. The number of ether oxygens (including phenoxy) is 1. The molecular weight excluding hydrogens is 534 g/mol. The summed E-state index contributed by atoms with van der Waals surface area (Å²) in [6, 6.07) is 3.44. The molecule has 34 heavy (non-hydrogen) atoms. The van der Waals surface area contributed by atoms with Gasteiger partial charge in [0.25, 0.3) is 17.5 Å². The van der Waals surface area contributed by atoms with Gasteiger partial charge in [0.05, 0.1) is 36.1 Å². The summed E-state index contributed by atoms with van der Waals surface area (Å²) >= 11 is 24.3. The van der Waals surface area contributed by atoms with Crippen LogP contribution in [0.1, 0.15) is 44.9 Å².